The summed E-state index contributed by atoms with van der Waals surface area (Å²) in [5.41, 5.74) is 1.98. The van der Waals surface area contributed by atoms with Crippen LogP contribution in [-0.4, -0.2) is 51.7 Å². The fraction of sp³-hybridized carbons (Fsp3) is 0.400. The number of carbonyl (C=O) groups excluding carboxylic acids is 2. The van der Waals surface area contributed by atoms with E-state index in [9.17, 15) is 18.4 Å². The Morgan fingerprint density at radius 1 is 1.17 bits per heavy atom. The second-order valence-corrected chi connectivity index (χ2v) is 9.53. The molecule has 0 spiro atoms. The highest BCUT2D eigenvalue weighted by molar-refractivity contribution is 6.08. The molecule has 1 aliphatic heterocycles. The molecule has 1 aliphatic rings. The van der Waals surface area contributed by atoms with Gasteiger partial charge in [0.15, 0.2) is 11.6 Å². The Labute approximate surface area is 202 Å². The monoisotopic (exact) mass is 485 g/mol. The number of carbonyl (C=O) groups is 2. The summed E-state index contributed by atoms with van der Waals surface area (Å²) in [4.78, 5) is 31.5. The normalized spacial score (nSPS) is 13.7. The van der Waals surface area contributed by atoms with Gasteiger partial charge in [0.25, 0.3) is 5.91 Å². The van der Waals surface area contributed by atoms with Gasteiger partial charge in [0.05, 0.1) is 5.56 Å². The first-order valence-electron chi connectivity index (χ1n) is 11.5. The molecule has 0 atom stereocenters. The van der Waals surface area contributed by atoms with E-state index in [0.717, 1.165) is 23.2 Å². The van der Waals surface area contributed by atoms with E-state index in [1.165, 1.54) is 6.07 Å². The quantitative estimate of drug-likeness (QED) is 0.502. The van der Waals surface area contributed by atoms with E-state index < -0.39 is 23.3 Å². The molecular formula is C25H29F2N5O3. The number of anilines is 2. The highest BCUT2D eigenvalue weighted by Crippen LogP contribution is 2.31. The second-order valence-electron chi connectivity index (χ2n) is 9.53. The number of hydrogen-bond donors (Lipinski definition) is 2. The lowest BCUT2D eigenvalue weighted by Crippen LogP contribution is -2.40. The molecule has 10 heteroatoms. The van der Waals surface area contributed by atoms with Crippen LogP contribution in [0.4, 0.5) is 25.1 Å². The molecule has 0 saturated heterocycles. The average molecular weight is 486 g/mol. The third-order valence-corrected chi connectivity index (χ3v) is 5.74. The first-order chi connectivity index (χ1) is 16.5. The lowest BCUT2D eigenvalue weighted by Gasteiger charge is -2.27. The van der Waals surface area contributed by atoms with E-state index in [1.54, 1.807) is 31.7 Å². The zero-order chi connectivity index (χ0) is 25.3. The summed E-state index contributed by atoms with van der Waals surface area (Å²) in [6, 6.07) is 7.07. The highest BCUT2D eigenvalue weighted by Gasteiger charge is 2.30. The summed E-state index contributed by atoms with van der Waals surface area (Å²) >= 11 is 0. The summed E-state index contributed by atoms with van der Waals surface area (Å²) in [6.45, 7) is 6.89. The van der Waals surface area contributed by atoms with E-state index in [0.29, 0.717) is 55.2 Å². The molecule has 0 unspecified atom stereocenters. The summed E-state index contributed by atoms with van der Waals surface area (Å²) in [5, 5.41) is 6.43. The number of ether oxygens (including phenoxy) is 1. The zero-order valence-electron chi connectivity index (χ0n) is 20.2. The minimum Gasteiger partial charge on any atom is -0.444 e. The molecule has 0 aliphatic carbocycles. The van der Waals surface area contributed by atoms with Crippen molar-refractivity contribution in [3.05, 3.63) is 53.2 Å². The molecule has 1 aromatic carbocycles. The average Bonchev–Trinajstić information content (AvgIpc) is 3.06. The standard InChI is InChI=1S/C25H29F2N5O3/c1-25(2,3)35-24(34)28-11-5-12-32-13-10-19-21(23(32)33)16-7-9-20(30-22(16)31(19)4)29-15-6-8-17(26)18(27)14-15/h6-9,14H,5,10-13H2,1-4H3,(H,28,34)(H,29,30). The summed E-state index contributed by atoms with van der Waals surface area (Å²) < 4.78 is 33.9. The molecular weight excluding hydrogens is 456 g/mol. The number of nitrogens with one attached hydrogen (secondary N) is 2. The van der Waals surface area contributed by atoms with E-state index in [2.05, 4.69) is 15.6 Å². The maximum atomic E-state index is 13.5. The maximum absolute atomic E-state index is 13.5. The van der Waals surface area contributed by atoms with Crippen molar-refractivity contribution < 1.29 is 23.1 Å². The minimum atomic E-state index is -0.947. The molecule has 186 valence electrons. The molecule has 0 fully saturated rings. The van der Waals surface area contributed by atoms with Crippen molar-refractivity contribution in [3.8, 4) is 0 Å². The van der Waals surface area contributed by atoms with Crippen molar-refractivity contribution >= 4 is 34.5 Å². The molecule has 3 aromatic rings. The van der Waals surface area contributed by atoms with Gasteiger partial charge >= 0.3 is 6.09 Å². The zero-order valence-corrected chi connectivity index (χ0v) is 20.2. The number of benzene rings is 1. The van der Waals surface area contributed by atoms with E-state index in [-0.39, 0.29) is 5.91 Å². The smallest absolute Gasteiger partial charge is 0.407 e. The predicted molar refractivity (Wildman–Crippen MR) is 129 cm³/mol. The number of pyridine rings is 1. The molecule has 0 saturated carbocycles. The molecule has 2 N–H and O–H groups in total. The third kappa shape index (κ3) is 5.36. The SMILES string of the molecule is Cn1c2c(c3ccc(Nc4ccc(F)c(F)c4)nc31)C(=O)N(CCCNC(=O)OC(C)(C)C)CC2. The van der Waals surface area contributed by atoms with Gasteiger partial charge < -0.3 is 24.8 Å². The molecule has 35 heavy (non-hydrogen) atoms. The van der Waals surface area contributed by atoms with Gasteiger partial charge in [0, 0.05) is 55.9 Å². The number of alkyl carbamates (subject to hydrolysis) is 1. The predicted octanol–water partition coefficient (Wildman–Crippen LogP) is 4.51. The van der Waals surface area contributed by atoms with E-state index >= 15 is 0 Å². The van der Waals surface area contributed by atoms with Crippen LogP contribution in [0.5, 0.6) is 0 Å². The molecule has 2 aromatic heterocycles. The van der Waals surface area contributed by atoms with Gasteiger partial charge in [-0.3, -0.25) is 4.79 Å². The van der Waals surface area contributed by atoms with Crippen LogP contribution in [-0.2, 0) is 18.2 Å². The first kappa shape index (κ1) is 24.4. The summed E-state index contributed by atoms with van der Waals surface area (Å²) in [7, 11) is 1.86. The van der Waals surface area contributed by atoms with Crippen molar-refractivity contribution in [2.45, 2.75) is 39.2 Å². The largest absolute Gasteiger partial charge is 0.444 e. The van der Waals surface area contributed by atoms with Gasteiger partial charge in [-0.1, -0.05) is 0 Å². The second kappa shape index (κ2) is 9.52. The van der Waals surface area contributed by atoms with Gasteiger partial charge in [-0.25, -0.2) is 18.6 Å². The van der Waals surface area contributed by atoms with Crippen molar-refractivity contribution in [2.75, 3.05) is 25.0 Å². The van der Waals surface area contributed by atoms with Crippen LogP contribution < -0.4 is 10.6 Å². The Kier molecular flexibility index (Phi) is 6.64. The van der Waals surface area contributed by atoms with Crippen molar-refractivity contribution in [2.24, 2.45) is 7.05 Å². The molecule has 4 rings (SSSR count). The molecule has 2 amide bonds. The maximum Gasteiger partial charge on any atom is 0.407 e. The van der Waals surface area contributed by atoms with Gasteiger partial charge in [-0.05, 0) is 51.5 Å². The minimum absolute atomic E-state index is 0.0720. The fourth-order valence-electron chi connectivity index (χ4n) is 4.16. The van der Waals surface area contributed by atoms with Gasteiger partial charge in [0.1, 0.15) is 17.1 Å². The van der Waals surface area contributed by atoms with Crippen LogP contribution >= 0.6 is 0 Å². The van der Waals surface area contributed by atoms with Crippen molar-refractivity contribution in [3.63, 3.8) is 0 Å². The summed E-state index contributed by atoms with van der Waals surface area (Å²) in [5.74, 6) is -1.48. The highest BCUT2D eigenvalue weighted by atomic mass is 19.2. The number of aromatic nitrogens is 2. The van der Waals surface area contributed by atoms with Gasteiger partial charge in [-0.2, -0.15) is 0 Å². The molecule has 0 bridgehead atoms. The van der Waals surface area contributed by atoms with Gasteiger partial charge in [-0.15, -0.1) is 0 Å². The molecule has 0 radical (unpaired) electrons. The van der Waals surface area contributed by atoms with Crippen molar-refractivity contribution in [1.82, 2.24) is 19.8 Å². The van der Waals surface area contributed by atoms with Gasteiger partial charge in [0.2, 0.25) is 0 Å². The lowest BCUT2D eigenvalue weighted by atomic mass is 10.0. The Hall–Kier alpha value is -3.69. The van der Waals surface area contributed by atoms with Crippen LogP contribution in [0.1, 0.15) is 43.2 Å². The van der Waals surface area contributed by atoms with Crippen LogP contribution in [0.15, 0.2) is 30.3 Å². The number of hydrogen-bond acceptors (Lipinski definition) is 5. The van der Waals surface area contributed by atoms with Crippen LogP contribution in [0.25, 0.3) is 11.0 Å². The fourth-order valence-corrected chi connectivity index (χ4v) is 4.16. The van der Waals surface area contributed by atoms with Crippen LogP contribution in [0.3, 0.4) is 0 Å². The van der Waals surface area contributed by atoms with Crippen LogP contribution in [0, 0.1) is 11.6 Å². The first-order valence-corrected chi connectivity index (χ1v) is 11.5. The Morgan fingerprint density at radius 2 is 1.94 bits per heavy atom. The third-order valence-electron chi connectivity index (χ3n) is 5.74. The number of aryl methyl sites for hydroxylation is 1. The van der Waals surface area contributed by atoms with E-state index in [1.807, 2.05) is 17.7 Å². The van der Waals surface area contributed by atoms with E-state index in [4.69, 9.17) is 4.74 Å². The number of nitrogens with zero attached hydrogens (tertiary/aromatic N) is 3. The Balaban J connectivity index is 1.45. The Bertz CT molecular complexity index is 1280. The number of amides is 2. The Morgan fingerprint density at radius 3 is 2.66 bits per heavy atom. The summed E-state index contributed by atoms with van der Waals surface area (Å²) in [6.07, 6.45) is 0.808. The lowest BCUT2D eigenvalue weighted by molar-refractivity contribution is 0.0525. The number of fused-ring (bicyclic) bond motifs is 3. The topological polar surface area (TPSA) is 88.5 Å². The number of rotatable bonds is 6. The van der Waals surface area contributed by atoms with Crippen molar-refractivity contribution in [1.29, 1.82) is 0 Å². The molecule has 8 nitrogen and oxygen atoms in total. The molecule has 3 heterocycles. The number of halogens is 2. The van der Waals surface area contributed by atoms with Crippen LogP contribution in [0.2, 0.25) is 0 Å².